The minimum absolute atomic E-state index is 0.606. The van der Waals surface area contributed by atoms with Crippen molar-refractivity contribution in [1.82, 2.24) is 9.97 Å². The third-order valence-electron chi connectivity index (χ3n) is 2.71. The van der Waals surface area contributed by atoms with Crippen LogP contribution in [0, 0.1) is 11.6 Å². The molecule has 2 heterocycles. The third kappa shape index (κ3) is 3.46. The van der Waals surface area contributed by atoms with Gasteiger partial charge in [0, 0.05) is 22.2 Å². The van der Waals surface area contributed by atoms with E-state index in [-0.39, 0.29) is 0 Å². The fraction of sp³-hybridized carbons (Fsp3) is 0.0667. The summed E-state index contributed by atoms with van der Waals surface area (Å²) in [6.45, 7) is 0. The van der Waals surface area contributed by atoms with Gasteiger partial charge in [-0.3, -0.25) is 4.98 Å². The van der Waals surface area contributed by atoms with Crippen molar-refractivity contribution in [1.29, 1.82) is 0 Å². The van der Waals surface area contributed by atoms with Crippen LogP contribution in [0.3, 0.4) is 0 Å². The molecule has 0 atom stereocenters. The first-order valence-electron chi connectivity index (χ1n) is 6.16. The molecular weight excluding hydrogens is 310 g/mol. The van der Waals surface area contributed by atoms with Crippen LogP contribution in [0.2, 0.25) is 0 Å². The highest BCUT2D eigenvalue weighted by Gasteiger charge is 2.07. The average molecular weight is 320 g/mol. The second-order valence-corrected chi connectivity index (χ2v) is 6.13. The summed E-state index contributed by atoms with van der Waals surface area (Å²) in [4.78, 5) is 9.44. The molecule has 0 aliphatic carbocycles. The quantitative estimate of drug-likeness (QED) is 0.647. The van der Waals surface area contributed by atoms with Crippen LogP contribution < -0.4 is 0 Å². The van der Waals surface area contributed by atoms with E-state index in [4.69, 9.17) is 0 Å². The first kappa shape index (κ1) is 14.2. The first-order valence-corrected chi connectivity index (χ1v) is 8.02. The molecule has 0 spiro atoms. The van der Waals surface area contributed by atoms with Crippen molar-refractivity contribution in [3.05, 3.63) is 65.3 Å². The van der Waals surface area contributed by atoms with Crippen LogP contribution in [0.1, 0.15) is 5.69 Å². The Balaban J connectivity index is 1.69. The SMILES string of the molecule is Fc1ccc(SCc2csc(-c3ccccn3)n2)cc1F. The van der Waals surface area contributed by atoms with E-state index in [9.17, 15) is 8.78 Å². The van der Waals surface area contributed by atoms with Crippen molar-refractivity contribution in [2.45, 2.75) is 10.6 Å². The highest BCUT2D eigenvalue weighted by Crippen LogP contribution is 2.27. The van der Waals surface area contributed by atoms with E-state index in [1.54, 1.807) is 12.3 Å². The molecule has 0 saturated heterocycles. The van der Waals surface area contributed by atoms with Gasteiger partial charge in [0.15, 0.2) is 11.6 Å². The number of thiazole rings is 1. The largest absolute Gasteiger partial charge is 0.254 e. The third-order valence-corrected chi connectivity index (χ3v) is 4.65. The summed E-state index contributed by atoms with van der Waals surface area (Å²) < 4.78 is 26.0. The van der Waals surface area contributed by atoms with Crippen molar-refractivity contribution < 1.29 is 8.78 Å². The van der Waals surface area contributed by atoms with E-state index in [2.05, 4.69) is 9.97 Å². The van der Waals surface area contributed by atoms with Gasteiger partial charge in [0.25, 0.3) is 0 Å². The summed E-state index contributed by atoms with van der Waals surface area (Å²) in [5.74, 6) is -1.05. The summed E-state index contributed by atoms with van der Waals surface area (Å²) >= 11 is 2.94. The van der Waals surface area contributed by atoms with Crippen LogP contribution in [-0.4, -0.2) is 9.97 Å². The molecule has 0 bridgehead atoms. The molecular formula is C15H10F2N2S2. The zero-order chi connectivity index (χ0) is 14.7. The van der Waals surface area contributed by atoms with Crippen LogP contribution >= 0.6 is 23.1 Å². The van der Waals surface area contributed by atoms with Crippen LogP contribution in [0.25, 0.3) is 10.7 Å². The molecule has 0 N–H and O–H groups in total. The Labute approximate surface area is 128 Å². The minimum atomic E-state index is -0.828. The molecule has 2 aromatic heterocycles. The molecule has 2 nitrogen and oxygen atoms in total. The van der Waals surface area contributed by atoms with Gasteiger partial charge in [-0.1, -0.05) is 6.07 Å². The maximum Gasteiger partial charge on any atom is 0.159 e. The number of hydrogen-bond acceptors (Lipinski definition) is 4. The fourth-order valence-corrected chi connectivity index (χ4v) is 3.42. The van der Waals surface area contributed by atoms with Gasteiger partial charge in [-0.15, -0.1) is 23.1 Å². The van der Waals surface area contributed by atoms with Gasteiger partial charge < -0.3 is 0 Å². The monoisotopic (exact) mass is 320 g/mol. The zero-order valence-electron chi connectivity index (χ0n) is 10.8. The average Bonchev–Trinajstić information content (AvgIpc) is 2.98. The summed E-state index contributed by atoms with van der Waals surface area (Å²) in [5.41, 5.74) is 1.74. The number of pyridine rings is 1. The molecule has 0 unspecified atom stereocenters. The molecule has 21 heavy (non-hydrogen) atoms. The molecule has 0 fully saturated rings. The predicted molar refractivity (Wildman–Crippen MR) is 81.3 cm³/mol. The normalized spacial score (nSPS) is 10.8. The number of nitrogens with zero attached hydrogens (tertiary/aromatic N) is 2. The molecule has 0 aliphatic heterocycles. The van der Waals surface area contributed by atoms with Gasteiger partial charge in [-0.25, -0.2) is 13.8 Å². The highest BCUT2D eigenvalue weighted by atomic mass is 32.2. The molecule has 1 aromatic carbocycles. The maximum atomic E-state index is 13.1. The van der Waals surface area contributed by atoms with E-state index in [0.29, 0.717) is 10.6 Å². The molecule has 106 valence electrons. The number of rotatable bonds is 4. The van der Waals surface area contributed by atoms with E-state index >= 15 is 0 Å². The van der Waals surface area contributed by atoms with Crippen molar-refractivity contribution in [2.75, 3.05) is 0 Å². The van der Waals surface area contributed by atoms with Gasteiger partial charge in [-0.2, -0.15) is 0 Å². The van der Waals surface area contributed by atoms with Gasteiger partial charge >= 0.3 is 0 Å². The lowest BCUT2D eigenvalue weighted by Gasteiger charge is -2.00. The molecule has 0 amide bonds. The van der Waals surface area contributed by atoms with E-state index in [1.165, 1.54) is 29.2 Å². The second kappa shape index (κ2) is 6.32. The maximum absolute atomic E-state index is 13.1. The molecule has 3 rings (SSSR count). The lowest BCUT2D eigenvalue weighted by atomic mass is 10.3. The summed E-state index contributed by atoms with van der Waals surface area (Å²) in [6.07, 6.45) is 1.73. The van der Waals surface area contributed by atoms with E-state index < -0.39 is 11.6 Å². The zero-order valence-corrected chi connectivity index (χ0v) is 12.4. The van der Waals surface area contributed by atoms with Gasteiger partial charge in [-0.05, 0) is 30.3 Å². The Kier molecular flexibility index (Phi) is 4.26. The fourth-order valence-electron chi connectivity index (χ4n) is 1.70. The smallest absolute Gasteiger partial charge is 0.159 e. The Hall–Kier alpha value is -1.79. The molecule has 0 aliphatic rings. The van der Waals surface area contributed by atoms with Gasteiger partial charge in [0.2, 0.25) is 0 Å². The van der Waals surface area contributed by atoms with E-state index in [1.807, 2.05) is 23.6 Å². The topological polar surface area (TPSA) is 25.8 Å². The number of hydrogen-bond donors (Lipinski definition) is 0. The van der Waals surface area contributed by atoms with Gasteiger partial charge in [0.05, 0.1) is 11.4 Å². The van der Waals surface area contributed by atoms with E-state index in [0.717, 1.165) is 22.5 Å². The summed E-state index contributed by atoms with van der Waals surface area (Å²) in [5, 5.41) is 2.81. The lowest BCUT2D eigenvalue weighted by molar-refractivity contribution is 0.506. The Morgan fingerprint density at radius 2 is 2.00 bits per heavy atom. The Bertz CT molecular complexity index is 744. The van der Waals surface area contributed by atoms with Crippen molar-refractivity contribution in [2.24, 2.45) is 0 Å². The summed E-state index contributed by atoms with van der Waals surface area (Å²) in [6, 6.07) is 9.58. The van der Waals surface area contributed by atoms with Crippen molar-refractivity contribution >= 4 is 23.1 Å². The summed E-state index contributed by atoms with van der Waals surface area (Å²) in [7, 11) is 0. The highest BCUT2D eigenvalue weighted by molar-refractivity contribution is 7.98. The number of halogens is 2. The van der Waals surface area contributed by atoms with Crippen LogP contribution in [0.5, 0.6) is 0 Å². The molecule has 6 heteroatoms. The number of aromatic nitrogens is 2. The van der Waals surface area contributed by atoms with Crippen molar-refractivity contribution in [3.63, 3.8) is 0 Å². The number of thioether (sulfide) groups is 1. The van der Waals surface area contributed by atoms with Crippen LogP contribution in [0.4, 0.5) is 8.78 Å². The molecule has 0 radical (unpaired) electrons. The Morgan fingerprint density at radius 3 is 2.76 bits per heavy atom. The predicted octanol–water partition coefficient (Wildman–Crippen LogP) is 4.78. The minimum Gasteiger partial charge on any atom is -0.254 e. The van der Waals surface area contributed by atoms with Gasteiger partial charge in [0.1, 0.15) is 5.01 Å². The van der Waals surface area contributed by atoms with Crippen molar-refractivity contribution in [3.8, 4) is 10.7 Å². The lowest BCUT2D eigenvalue weighted by Crippen LogP contribution is -1.86. The molecule has 0 saturated carbocycles. The van der Waals surface area contributed by atoms with Crippen LogP contribution in [0.15, 0.2) is 52.9 Å². The van der Waals surface area contributed by atoms with Crippen LogP contribution in [-0.2, 0) is 5.75 Å². The number of benzene rings is 1. The first-order chi connectivity index (χ1) is 10.2. The standard InChI is InChI=1S/C15H10F2N2S2/c16-12-5-4-11(7-13(12)17)20-8-10-9-21-15(19-10)14-3-1-2-6-18-14/h1-7,9H,8H2. The Morgan fingerprint density at radius 1 is 1.10 bits per heavy atom. The molecule has 3 aromatic rings. The second-order valence-electron chi connectivity index (χ2n) is 4.22.